The van der Waals surface area contributed by atoms with Gasteiger partial charge in [0.15, 0.2) is 0 Å². The topological polar surface area (TPSA) is 37.4 Å². The van der Waals surface area contributed by atoms with Gasteiger partial charge in [-0.25, -0.2) is 12.7 Å². The highest BCUT2D eigenvalue weighted by Crippen LogP contribution is 2.19. The zero-order valence-corrected chi connectivity index (χ0v) is 10.9. The molecular formula is C12H19NO2S. The minimum absolute atomic E-state index is 0.438. The van der Waals surface area contributed by atoms with E-state index in [0.717, 1.165) is 24.8 Å². The van der Waals surface area contributed by atoms with Gasteiger partial charge in [0.05, 0.1) is 4.90 Å². The molecule has 0 saturated carbocycles. The fraction of sp³-hybridized carbons (Fsp3) is 0.500. The Balaban J connectivity index is 3.13. The van der Waals surface area contributed by atoms with Gasteiger partial charge in [-0.1, -0.05) is 31.5 Å². The molecule has 0 fully saturated rings. The predicted octanol–water partition coefficient (Wildman–Crippen LogP) is 2.28. The van der Waals surface area contributed by atoms with Crippen LogP contribution in [0.3, 0.4) is 0 Å². The zero-order valence-electron chi connectivity index (χ0n) is 10.1. The van der Waals surface area contributed by atoms with E-state index in [1.807, 2.05) is 12.1 Å². The van der Waals surface area contributed by atoms with Crippen LogP contribution in [0.25, 0.3) is 0 Å². The number of rotatable bonds is 5. The largest absolute Gasteiger partial charge is 0.242 e. The molecule has 0 atom stereocenters. The van der Waals surface area contributed by atoms with Gasteiger partial charge in [-0.05, 0) is 24.5 Å². The van der Waals surface area contributed by atoms with Crippen LogP contribution in [0.1, 0.15) is 25.3 Å². The molecule has 0 aliphatic heterocycles. The second kappa shape index (κ2) is 5.46. The maximum absolute atomic E-state index is 12.0. The molecule has 1 aromatic carbocycles. The average molecular weight is 241 g/mol. The highest BCUT2D eigenvalue weighted by Gasteiger charge is 2.19. The smallest absolute Gasteiger partial charge is 0.207 e. The summed E-state index contributed by atoms with van der Waals surface area (Å²) in [6.45, 7) is 2.10. The second-order valence-corrected chi connectivity index (χ2v) is 6.12. The molecule has 0 radical (unpaired) electrons. The highest BCUT2D eigenvalue weighted by atomic mass is 32.2. The molecule has 90 valence electrons. The number of hydrogen-bond acceptors (Lipinski definition) is 2. The van der Waals surface area contributed by atoms with Gasteiger partial charge in [-0.3, -0.25) is 0 Å². The first-order valence-corrected chi connectivity index (χ1v) is 6.94. The first kappa shape index (κ1) is 13.2. The average Bonchev–Trinajstić information content (AvgIpc) is 2.26. The number of sulfonamides is 1. The van der Waals surface area contributed by atoms with Crippen molar-refractivity contribution < 1.29 is 8.42 Å². The van der Waals surface area contributed by atoms with Gasteiger partial charge in [0.1, 0.15) is 0 Å². The lowest BCUT2D eigenvalue weighted by Gasteiger charge is -2.14. The van der Waals surface area contributed by atoms with Gasteiger partial charge >= 0.3 is 0 Å². The summed E-state index contributed by atoms with van der Waals surface area (Å²) in [5.41, 5.74) is 0.915. The molecule has 0 N–H and O–H groups in total. The molecule has 4 heteroatoms. The lowest BCUT2D eigenvalue weighted by Crippen LogP contribution is -2.23. The van der Waals surface area contributed by atoms with Crippen LogP contribution in [-0.4, -0.2) is 26.8 Å². The highest BCUT2D eigenvalue weighted by molar-refractivity contribution is 7.89. The predicted molar refractivity (Wildman–Crippen MR) is 65.9 cm³/mol. The van der Waals surface area contributed by atoms with Crippen LogP contribution in [0.5, 0.6) is 0 Å². The maximum atomic E-state index is 12.0. The fourth-order valence-electron chi connectivity index (χ4n) is 1.53. The summed E-state index contributed by atoms with van der Waals surface area (Å²) in [7, 11) is -0.182. The first-order chi connectivity index (χ1) is 7.50. The monoisotopic (exact) mass is 241 g/mol. The lowest BCUT2D eigenvalue weighted by atomic mass is 10.1. The normalized spacial score (nSPS) is 12.0. The van der Waals surface area contributed by atoms with E-state index in [2.05, 4.69) is 6.92 Å². The third kappa shape index (κ3) is 2.83. The molecule has 0 saturated heterocycles. The van der Waals surface area contributed by atoms with Crippen molar-refractivity contribution in [2.75, 3.05) is 14.1 Å². The lowest BCUT2D eigenvalue weighted by molar-refractivity contribution is 0.519. The van der Waals surface area contributed by atoms with Crippen LogP contribution >= 0.6 is 0 Å². The van der Waals surface area contributed by atoms with Gasteiger partial charge in [-0.15, -0.1) is 0 Å². The molecule has 1 rings (SSSR count). The van der Waals surface area contributed by atoms with E-state index < -0.39 is 10.0 Å². The number of hydrogen-bond donors (Lipinski definition) is 0. The van der Waals surface area contributed by atoms with E-state index in [1.165, 1.54) is 4.31 Å². The van der Waals surface area contributed by atoms with Crippen LogP contribution in [-0.2, 0) is 16.4 Å². The third-order valence-corrected chi connectivity index (χ3v) is 4.45. The molecule has 0 spiro atoms. The van der Waals surface area contributed by atoms with Crippen molar-refractivity contribution in [2.24, 2.45) is 0 Å². The van der Waals surface area contributed by atoms with E-state index in [9.17, 15) is 8.42 Å². The van der Waals surface area contributed by atoms with Gasteiger partial charge in [0.25, 0.3) is 0 Å². The fourth-order valence-corrected chi connectivity index (χ4v) is 2.67. The molecular weight excluding hydrogens is 222 g/mol. The van der Waals surface area contributed by atoms with Crippen molar-refractivity contribution in [3.63, 3.8) is 0 Å². The number of benzene rings is 1. The maximum Gasteiger partial charge on any atom is 0.242 e. The first-order valence-electron chi connectivity index (χ1n) is 5.50. The molecule has 0 unspecified atom stereocenters. The van der Waals surface area contributed by atoms with E-state index in [4.69, 9.17) is 0 Å². The summed E-state index contributed by atoms with van der Waals surface area (Å²) in [5, 5.41) is 0. The summed E-state index contributed by atoms with van der Waals surface area (Å²) in [6.07, 6.45) is 2.90. The molecule has 0 bridgehead atoms. The minimum Gasteiger partial charge on any atom is -0.207 e. The quantitative estimate of drug-likeness (QED) is 0.793. The van der Waals surface area contributed by atoms with Crippen molar-refractivity contribution >= 4 is 10.0 Å². The van der Waals surface area contributed by atoms with Gasteiger partial charge in [0, 0.05) is 14.1 Å². The Kier molecular flexibility index (Phi) is 4.50. The van der Waals surface area contributed by atoms with Crippen LogP contribution in [0, 0.1) is 0 Å². The molecule has 0 aliphatic carbocycles. The summed E-state index contributed by atoms with van der Waals surface area (Å²) < 4.78 is 25.3. The standard InChI is InChI=1S/C12H19NO2S/c1-4-5-8-11-9-6-7-10-12(11)16(14,15)13(2)3/h6-7,9-10H,4-5,8H2,1-3H3. The van der Waals surface area contributed by atoms with Crippen molar-refractivity contribution in [3.05, 3.63) is 29.8 Å². The van der Waals surface area contributed by atoms with Crippen LogP contribution in [0.15, 0.2) is 29.2 Å². The van der Waals surface area contributed by atoms with Crippen LogP contribution in [0.2, 0.25) is 0 Å². The zero-order chi connectivity index (χ0) is 12.2. The Bertz CT molecular complexity index is 438. The Morgan fingerprint density at radius 2 is 1.81 bits per heavy atom. The molecule has 0 amide bonds. The number of unbranched alkanes of at least 4 members (excludes halogenated alkanes) is 1. The molecule has 1 aromatic rings. The molecule has 0 heterocycles. The van der Waals surface area contributed by atoms with E-state index >= 15 is 0 Å². The van der Waals surface area contributed by atoms with Gasteiger partial charge in [-0.2, -0.15) is 0 Å². The van der Waals surface area contributed by atoms with Crippen LogP contribution < -0.4 is 0 Å². The van der Waals surface area contributed by atoms with E-state index in [1.54, 1.807) is 26.2 Å². The summed E-state index contributed by atoms with van der Waals surface area (Å²) >= 11 is 0. The number of nitrogens with zero attached hydrogens (tertiary/aromatic N) is 1. The molecule has 16 heavy (non-hydrogen) atoms. The Morgan fingerprint density at radius 3 is 2.38 bits per heavy atom. The Hall–Kier alpha value is -0.870. The molecule has 0 aromatic heterocycles. The van der Waals surface area contributed by atoms with E-state index in [-0.39, 0.29) is 0 Å². The van der Waals surface area contributed by atoms with Crippen molar-refractivity contribution in [3.8, 4) is 0 Å². The number of aryl methyl sites for hydroxylation is 1. The van der Waals surface area contributed by atoms with Crippen molar-refractivity contribution in [1.29, 1.82) is 0 Å². The Morgan fingerprint density at radius 1 is 1.19 bits per heavy atom. The van der Waals surface area contributed by atoms with Crippen LogP contribution in [0.4, 0.5) is 0 Å². The van der Waals surface area contributed by atoms with Crippen molar-refractivity contribution in [2.45, 2.75) is 31.1 Å². The summed E-state index contributed by atoms with van der Waals surface area (Å²) in [4.78, 5) is 0.438. The summed E-state index contributed by atoms with van der Waals surface area (Å²) in [6, 6.07) is 7.23. The minimum atomic E-state index is -3.30. The SMILES string of the molecule is CCCCc1ccccc1S(=O)(=O)N(C)C. The third-order valence-electron chi connectivity index (χ3n) is 2.53. The Labute approximate surface area is 98.1 Å². The van der Waals surface area contributed by atoms with E-state index in [0.29, 0.717) is 4.90 Å². The second-order valence-electron chi connectivity index (χ2n) is 4.00. The van der Waals surface area contributed by atoms with Crippen molar-refractivity contribution in [1.82, 2.24) is 4.31 Å². The van der Waals surface area contributed by atoms with Gasteiger partial charge < -0.3 is 0 Å². The summed E-state index contributed by atoms with van der Waals surface area (Å²) in [5.74, 6) is 0. The molecule has 3 nitrogen and oxygen atoms in total. The van der Waals surface area contributed by atoms with Gasteiger partial charge in [0.2, 0.25) is 10.0 Å². The molecule has 0 aliphatic rings.